The Morgan fingerprint density at radius 1 is 0.432 bits per heavy atom. The summed E-state index contributed by atoms with van der Waals surface area (Å²) in [6.45, 7) is 0. The van der Waals surface area contributed by atoms with E-state index >= 15 is 0 Å². The molecule has 9 rings (SSSR count). The standard InChI is InChI=1S/C39H27N5/c1-4-14-26(15-5-1)37-40-38(27-16-6-2-7-17-27)42-39(41-37)44-32-23-13-11-21-30(32)36-34(44)25-24-33-35(36)29-20-10-12-22-31(29)43(33)28-18-8-3-9-19-28/h1-25,39H,(H,40,41,42). The number of amidine groups is 2. The quantitative estimate of drug-likeness (QED) is 0.228. The van der Waals surface area contributed by atoms with Crippen molar-refractivity contribution in [1.82, 2.24) is 14.5 Å². The number of fused-ring (bicyclic) bond motifs is 7. The molecule has 44 heavy (non-hydrogen) atoms. The highest BCUT2D eigenvalue weighted by Gasteiger charge is 2.26. The first kappa shape index (κ1) is 24.6. The van der Waals surface area contributed by atoms with Crippen LogP contribution in [0.25, 0.3) is 49.3 Å². The van der Waals surface area contributed by atoms with Gasteiger partial charge < -0.3 is 9.88 Å². The number of nitrogens with zero attached hydrogens (tertiary/aromatic N) is 4. The number of benzene rings is 6. The van der Waals surface area contributed by atoms with E-state index in [1.165, 1.54) is 32.6 Å². The summed E-state index contributed by atoms with van der Waals surface area (Å²) in [5, 5.41) is 8.41. The third-order valence-corrected chi connectivity index (χ3v) is 8.57. The molecular weight excluding hydrogens is 538 g/mol. The Morgan fingerprint density at radius 2 is 0.909 bits per heavy atom. The summed E-state index contributed by atoms with van der Waals surface area (Å²) in [7, 11) is 0. The molecule has 1 aliphatic rings. The number of hydrogen-bond acceptors (Lipinski definition) is 3. The van der Waals surface area contributed by atoms with E-state index in [9.17, 15) is 0 Å². The summed E-state index contributed by atoms with van der Waals surface area (Å²) < 4.78 is 4.67. The van der Waals surface area contributed by atoms with Crippen LogP contribution in [-0.4, -0.2) is 20.8 Å². The third kappa shape index (κ3) is 3.73. The van der Waals surface area contributed by atoms with Crippen LogP contribution in [0.4, 0.5) is 0 Å². The zero-order valence-electron chi connectivity index (χ0n) is 23.8. The van der Waals surface area contributed by atoms with Gasteiger partial charge in [-0.05, 0) is 36.4 Å². The molecule has 2 aromatic heterocycles. The summed E-state index contributed by atoms with van der Waals surface area (Å²) in [6, 6.07) is 53.1. The van der Waals surface area contributed by atoms with Crippen LogP contribution in [0.3, 0.4) is 0 Å². The van der Waals surface area contributed by atoms with Crippen LogP contribution in [-0.2, 0) is 0 Å². The Labute approximate surface area is 254 Å². The number of aliphatic imine (C=N–C) groups is 2. The van der Waals surface area contributed by atoms with Crippen molar-refractivity contribution < 1.29 is 0 Å². The predicted molar refractivity (Wildman–Crippen MR) is 182 cm³/mol. The van der Waals surface area contributed by atoms with E-state index in [4.69, 9.17) is 9.98 Å². The average molecular weight is 566 g/mol. The molecule has 6 aromatic carbocycles. The minimum Gasteiger partial charge on any atom is -0.324 e. The summed E-state index contributed by atoms with van der Waals surface area (Å²) in [6.07, 6.45) is -0.496. The van der Waals surface area contributed by atoms with Gasteiger partial charge in [-0.15, -0.1) is 0 Å². The van der Waals surface area contributed by atoms with Gasteiger partial charge in [-0.25, -0.2) is 9.98 Å². The van der Waals surface area contributed by atoms with Gasteiger partial charge in [0.15, 0.2) is 0 Å². The fraction of sp³-hybridized carbons (Fsp3) is 0.0256. The summed E-state index contributed by atoms with van der Waals surface area (Å²) >= 11 is 0. The molecule has 0 bridgehead atoms. The van der Waals surface area contributed by atoms with E-state index in [1.54, 1.807) is 0 Å². The van der Waals surface area contributed by atoms with E-state index in [1.807, 2.05) is 36.4 Å². The molecule has 3 heterocycles. The van der Waals surface area contributed by atoms with Gasteiger partial charge in [0, 0.05) is 38.4 Å². The number of rotatable bonds is 4. The SMILES string of the molecule is c1ccc(C2=NC(n3c4ccccc4c4c5c6ccccc6n(-c6ccccc6)c5ccc43)N=C(c3ccccc3)N2)cc1. The van der Waals surface area contributed by atoms with Crippen LogP contribution in [0.2, 0.25) is 0 Å². The second kappa shape index (κ2) is 9.82. The minimum absolute atomic E-state index is 0.496. The van der Waals surface area contributed by atoms with Gasteiger partial charge in [-0.2, -0.15) is 0 Å². The first-order valence-electron chi connectivity index (χ1n) is 14.9. The number of aromatic nitrogens is 2. The minimum atomic E-state index is -0.496. The average Bonchev–Trinajstić information content (AvgIpc) is 3.62. The molecule has 1 N–H and O–H groups in total. The molecule has 5 heteroatoms. The van der Waals surface area contributed by atoms with Crippen molar-refractivity contribution in [3.63, 3.8) is 0 Å². The van der Waals surface area contributed by atoms with E-state index in [0.717, 1.165) is 39.5 Å². The maximum atomic E-state index is 5.24. The van der Waals surface area contributed by atoms with Crippen LogP contribution < -0.4 is 5.32 Å². The predicted octanol–water partition coefficient (Wildman–Crippen LogP) is 8.84. The van der Waals surface area contributed by atoms with E-state index in [-0.39, 0.29) is 0 Å². The monoisotopic (exact) mass is 565 g/mol. The van der Waals surface area contributed by atoms with E-state index in [2.05, 4.69) is 130 Å². The van der Waals surface area contributed by atoms with Gasteiger partial charge >= 0.3 is 0 Å². The molecule has 0 unspecified atom stereocenters. The molecule has 0 radical (unpaired) electrons. The molecule has 8 aromatic rings. The Morgan fingerprint density at radius 3 is 1.55 bits per heavy atom. The molecule has 0 saturated heterocycles. The van der Waals surface area contributed by atoms with E-state index < -0.39 is 6.29 Å². The molecule has 0 fully saturated rings. The molecule has 0 saturated carbocycles. The summed E-state index contributed by atoms with van der Waals surface area (Å²) in [5.41, 5.74) is 7.77. The zero-order chi connectivity index (χ0) is 29.0. The zero-order valence-corrected chi connectivity index (χ0v) is 23.8. The Hall–Kier alpha value is -5.94. The number of hydrogen-bond donors (Lipinski definition) is 1. The van der Waals surface area contributed by atoms with Crippen molar-refractivity contribution in [2.24, 2.45) is 9.98 Å². The van der Waals surface area contributed by atoms with Crippen LogP contribution in [0.5, 0.6) is 0 Å². The highest BCUT2D eigenvalue weighted by Crippen LogP contribution is 2.42. The van der Waals surface area contributed by atoms with Gasteiger partial charge in [0.2, 0.25) is 6.29 Å². The summed E-state index contributed by atoms with van der Waals surface area (Å²) in [5.74, 6) is 1.61. The van der Waals surface area contributed by atoms with Crippen molar-refractivity contribution in [3.8, 4) is 5.69 Å². The first-order chi connectivity index (χ1) is 21.8. The lowest BCUT2D eigenvalue weighted by Crippen LogP contribution is -2.36. The van der Waals surface area contributed by atoms with Gasteiger partial charge in [0.05, 0.1) is 22.1 Å². The molecule has 0 spiro atoms. The van der Waals surface area contributed by atoms with Gasteiger partial charge in [-0.3, -0.25) is 4.57 Å². The fourth-order valence-corrected chi connectivity index (χ4v) is 6.69. The Kier molecular flexibility index (Phi) is 5.50. The highest BCUT2D eigenvalue weighted by molar-refractivity contribution is 6.28. The number of nitrogens with one attached hydrogen (secondary N) is 1. The van der Waals surface area contributed by atoms with Crippen molar-refractivity contribution in [2.75, 3.05) is 0 Å². The molecule has 0 amide bonds. The lowest BCUT2D eigenvalue weighted by atomic mass is 10.1. The lowest BCUT2D eigenvalue weighted by Gasteiger charge is -2.24. The topological polar surface area (TPSA) is 46.6 Å². The maximum absolute atomic E-state index is 5.24. The van der Waals surface area contributed by atoms with Crippen LogP contribution in [0.1, 0.15) is 17.4 Å². The van der Waals surface area contributed by atoms with Crippen LogP contribution in [0, 0.1) is 0 Å². The van der Waals surface area contributed by atoms with Crippen molar-refractivity contribution >= 4 is 55.3 Å². The number of para-hydroxylation sites is 3. The van der Waals surface area contributed by atoms with Crippen LogP contribution in [0.15, 0.2) is 162 Å². The lowest BCUT2D eigenvalue weighted by molar-refractivity contribution is 0.575. The molecule has 5 nitrogen and oxygen atoms in total. The normalized spacial score (nSPS) is 13.8. The third-order valence-electron chi connectivity index (χ3n) is 8.57. The fourth-order valence-electron chi connectivity index (χ4n) is 6.69. The van der Waals surface area contributed by atoms with Crippen molar-refractivity contribution in [3.05, 3.63) is 163 Å². The molecule has 0 aliphatic carbocycles. The smallest absolute Gasteiger partial charge is 0.224 e. The van der Waals surface area contributed by atoms with Gasteiger partial charge in [0.25, 0.3) is 0 Å². The van der Waals surface area contributed by atoms with Gasteiger partial charge in [0.1, 0.15) is 11.7 Å². The molecule has 208 valence electrons. The first-order valence-corrected chi connectivity index (χ1v) is 14.9. The molecule has 1 aliphatic heterocycles. The van der Waals surface area contributed by atoms with E-state index in [0.29, 0.717) is 0 Å². The highest BCUT2D eigenvalue weighted by atomic mass is 15.3. The Bertz CT molecular complexity index is 2340. The Balaban J connectivity index is 1.37. The maximum Gasteiger partial charge on any atom is 0.224 e. The molecule has 0 atom stereocenters. The van der Waals surface area contributed by atoms with Crippen molar-refractivity contribution in [1.29, 1.82) is 0 Å². The second-order valence-electron chi connectivity index (χ2n) is 11.1. The largest absolute Gasteiger partial charge is 0.324 e. The van der Waals surface area contributed by atoms with Crippen molar-refractivity contribution in [2.45, 2.75) is 6.29 Å². The van der Waals surface area contributed by atoms with Gasteiger partial charge in [-0.1, -0.05) is 115 Å². The molecular formula is C39H27N5. The van der Waals surface area contributed by atoms with Crippen LogP contribution >= 0.6 is 0 Å². The summed E-state index contributed by atoms with van der Waals surface area (Å²) in [4.78, 5) is 10.5. The second-order valence-corrected chi connectivity index (χ2v) is 11.1.